The van der Waals surface area contributed by atoms with Crippen LogP contribution in [0.15, 0.2) is 49.1 Å². The van der Waals surface area contributed by atoms with Crippen molar-refractivity contribution in [3.63, 3.8) is 0 Å². The molecule has 4 rings (SSSR count). The van der Waals surface area contributed by atoms with E-state index in [-0.39, 0.29) is 12.7 Å². The van der Waals surface area contributed by atoms with Gasteiger partial charge in [-0.2, -0.15) is 0 Å². The molecule has 0 aliphatic carbocycles. The number of amides is 1. The molecule has 0 spiro atoms. The first kappa shape index (κ1) is 11.8. The van der Waals surface area contributed by atoms with Gasteiger partial charge in [-0.3, -0.25) is 4.79 Å². The quantitative estimate of drug-likeness (QED) is 0.783. The third kappa shape index (κ3) is 2.06. The van der Waals surface area contributed by atoms with E-state index >= 15 is 0 Å². The van der Waals surface area contributed by atoms with E-state index in [1.807, 2.05) is 4.40 Å². The third-order valence-electron chi connectivity index (χ3n) is 3.31. The molecule has 3 heterocycles. The molecule has 1 N–H and O–H groups in total. The van der Waals surface area contributed by atoms with E-state index in [0.29, 0.717) is 22.7 Å². The molecule has 3 aromatic rings. The Morgan fingerprint density at radius 1 is 1.19 bits per heavy atom. The summed E-state index contributed by atoms with van der Waals surface area (Å²) in [6, 6.07) is 8.84. The number of nitrogens with zero attached hydrogens (tertiary/aromatic N) is 2. The van der Waals surface area contributed by atoms with Crippen LogP contribution in [0, 0.1) is 0 Å². The van der Waals surface area contributed by atoms with Crippen molar-refractivity contribution in [3.8, 4) is 11.5 Å². The largest absolute Gasteiger partial charge is 0.454 e. The fraction of sp³-hybridized carbons (Fsp3) is 0.0667. The maximum Gasteiger partial charge on any atom is 0.255 e. The fourth-order valence-corrected chi connectivity index (χ4v) is 2.24. The highest BCUT2D eigenvalue weighted by Crippen LogP contribution is 2.34. The van der Waals surface area contributed by atoms with E-state index in [4.69, 9.17) is 9.47 Å². The van der Waals surface area contributed by atoms with Crippen LogP contribution < -0.4 is 14.8 Å². The van der Waals surface area contributed by atoms with Crippen molar-refractivity contribution >= 4 is 17.1 Å². The van der Waals surface area contributed by atoms with Crippen molar-refractivity contribution in [3.05, 3.63) is 54.6 Å². The summed E-state index contributed by atoms with van der Waals surface area (Å²) in [4.78, 5) is 16.3. The first-order chi connectivity index (χ1) is 10.3. The summed E-state index contributed by atoms with van der Waals surface area (Å²) < 4.78 is 12.4. The average molecular weight is 281 g/mol. The Morgan fingerprint density at radius 2 is 2.10 bits per heavy atom. The fourth-order valence-electron chi connectivity index (χ4n) is 2.24. The van der Waals surface area contributed by atoms with Gasteiger partial charge in [0.15, 0.2) is 11.5 Å². The van der Waals surface area contributed by atoms with E-state index in [2.05, 4.69) is 10.3 Å². The number of hydrogen-bond acceptors (Lipinski definition) is 4. The van der Waals surface area contributed by atoms with Gasteiger partial charge in [0, 0.05) is 23.5 Å². The molecule has 0 saturated heterocycles. The Hall–Kier alpha value is -3.02. The predicted octanol–water partition coefficient (Wildman–Crippen LogP) is 2.32. The molecule has 6 nitrogen and oxygen atoms in total. The highest BCUT2D eigenvalue weighted by atomic mass is 16.7. The monoisotopic (exact) mass is 281 g/mol. The Morgan fingerprint density at radius 3 is 3.05 bits per heavy atom. The van der Waals surface area contributed by atoms with Gasteiger partial charge in [0.25, 0.3) is 5.91 Å². The number of pyridine rings is 1. The molecular formula is C15H11N3O3. The molecule has 1 amide bonds. The molecule has 0 atom stereocenters. The van der Waals surface area contributed by atoms with Crippen LogP contribution in [0.1, 0.15) is 10.4 Å². The number of fused-ring (bicyclic) bond motifs is 2. The summed E-state index contributed by atoms with van der Waals surface area (Å²) in [6.45, 7) is 0.213. The molecule has 1 aromatic carbocycles. The predicted molar refractivity (Wildman–Crippen MR) is 75.7 cm³/mol. The minimum atomic E-state index is -0.183. The van der Waals surface area contributed by atoms with Crippen molar-refractivity contribution in [2.75, 3.05) is 12.1 Å². The lowest BCUT2D eigenvalue weighted by Crippen LogP contribution is -2.12. The SMILES string of the molecule is O=C(Nc1ccc2c(c1)OCO2)c1ccn2cncc2c1. The summed E-state index contributed by atoms with van der Waals surface area (Å²) >= 11 is 0. The van der Waals surface area contributed by atoms with Gasteiger partial charge in [0.2, 0.25) is 6.79 Å². The molecule has 0 bridgehead atoms. The molecular weight excluding hydrogens is 270 g/mol. The lowest BCUT2D eigenvalue weighted by molar-refractivity contribution is 0.102. The normalized spacial score (nSPS) is 12.6. The molecule has 1 aliphatic rings. The summed E-state index contributed by atoms with van der Waals surface area (Å²) in [5.74, 6) is 1.14. The highest BCUT2D eigenvalue weighted by molar-refractivity contribution is 6.05. The zero-order chi connectivity index (χ0) is 14.2. The molecule has 2 aromatic heterocycles. The number of hydrogen-bond donors (Lipinski definition) is 1. The second-order valence-electron chi connectivity index (χ2n) is 4.66. The summed E-state index contributed by atoms with van der Waals surface area (Å²) in [5, 5.41) is 2.84. The minimum absolute atomic E-state index is 0.183. The Balaban J connectivity index is 1.60. The molecule has 0 unspecified atom stereocenters. The zero-order valence-corrected chi connectivity index (χ0v) is 10.9. The average Bonchev–Trinajstić information content (AvgIpc) is 3.14. The smallest absolute Gasteiger partial charge is 0.255 e. The second-order valence-corrected chi connectivity index (χ2v) is 4.66. The number of rotatable bonds is 2. The molecule has 0 radical (unpaired) electrons. The van der Waals surface area contributed by atoms with Gasteiger partial charge in [-0.25, -0.2) is 4.98 Å². The van der Waals surface area contributed by atoms with Crippen LogP contribution >= 0.6 is 0 Å². The second kappa shape index (κ2) is 4.52. The van der Waals surface area contributed by atoms with E-state index in [0.717, 1.165) is 5.52 Å². The molecule has 6 heteroatoms. The van der Waals surface area contributed by atoms with Gasteiger partial charge in [-0.05, 0) is 24.3 Å². The third-order valence-corrected chi connectivity index (χ3v) is 3.31. The molecule has 21 heavy (non-hydrogen) atoms. The molecule has 0 fully saturated rings. The van der Waals surface area contributed by atoms with Crippen molar-refractivity contribution in [2.45, 2.75) is 0 Å². The van der Waals surface area contributed by atoms with Gasteiger partial charge in [-0.1, -0.05) is 0 Å². The van der Waals surface area contributed by atoms with Crippen LogP contribution in [0.25, 0.3) is 5.52 Å². The van der Waals surface area contributed by atoms with Crippen LogP contribution in [0.4, 0.5) is 5.69 Å². The van der Waals surface area contributed by atoms with E-state index in [9.17, 15) is 4.79 Å². The number of imidazole rings is 1. The van der Waals surface area contributed by atoms with Crippen molar-refractivity contribution in [1.29, 1.82) is 0 Å². The topological polar surface area (TPSA) is 64.9 Å². The van der Waals surface area contributed by atoms with Crippen LogP contribution in [0.2, 0.25) is 0 Å². The number of carbonyl (C=O) groups is 1. The maximum absolute atomic E-state index is 12.3. The number of aromatic nitrogens is 2. The van der Waals surface area contributed by atoms with Crippen LogP contribution in [0.3, 0.4) is 0 Å². The van der Waals surface area contributed by atoms with E-state index in [1.54, 1.807) is 49.1 Å². The van der Waals surface area contributed by atoms with Gasteiger partial charge in [-0.15, -0.1) is 0 Å². The summed E-state index contributed by atoms with van der Waals surface area (Å²) in [7, 11) is 0. The van der Waals surface area contributed by atoms with Crippen molar-refractivity contribution < 1.29 is 14.3 Å². The number of benzene rings is 1. The molecule has 1 aliphatic heterocycles. The standard InChI is InChI=1S/C15H11N3O3/c19-15(10-3-4-18-8-16-7-12(18)5-10)17-11-1-2-13-14(6-11)21-9-20-13/h1-8H,9H2,(H,17,19). The van der Waals surface area contributed by atoms with E-state index in [1.165, 1.54) is 0 Å². The van der Waals surface area contributed by atoms with Gasteiger partial charge < -0.3 is 19.2 Å². The molecule has 0 saturated carbocycles. The van der Waals surface area contributed by atoms with Crippen LogP contribution in [0.5, 0.6) is 11.5 Å². The number of ether oxygens (including phenoxy) is 2. The van der Waals surface area contributed by atoms with Crippen LogP contribution in [-0.4, -0.2) is 22.1 Å². The van der Waals surface area contributed by atoms with E-state index < -0.39 is 0 Å². The van der Waals surface area contributed by atoms with Crippen LogP contribution in [-0.2, 0) is 0 Å². The first-order valence-corrected chi connectivity index (χ1v) is 6.42. The summed E-state index contributed by atoms with van der Waals surface area (Å²) in [5.41, 5.74) is 2.10. The summed E-state index contributed by atoms with van der Waals surface area (Å²) in [6.07, 6.45) is 5.20. The number of carbonyl (C=O) groups excluding carboxylic acids is 1. The van der Waals surface area contributed by atoms with Gasteiger partial charge >= 0.3 is 0 Å². The lowest BCUT2D eigenvalue weighted by Gasteiger charge is -2.06. The minimum Gasteiger partial charge on any atom is -0.454 e. The van der Waals surface area contributed by atoms with Crippen molar-refractivity contribution in [1.82, 2.24) is 9.38 Å². The van der Waals surface area contributed by atoms with Gasteiger partial charge in [0.1, 0.15) is 0 Å². The Kier molecular flexibility index (Phi) is 2.53. The highest BCUT2D eigenvalue weighted by Gasteiger charge is 2.14. The maximum atomic E-state index is 12.3. The molecule has 104 valence electrons. The lowest BCUT2D eigenvalue weighted by atomic mass is 10.2. The zero-order valence-electron chi connectivity index (χ0n) is 10.9. The Bertz CT molecular complexity index is 841. The number of nitrogens with one attached hydrogen (secondary N) is 1. The number of anilines is 1. The van der Waals surface area contributed by atoms with Crippen molar-refractivity contribution in [2.24, 2.45) is 0 Å². The first-order valence-electron chi connectivity index (χ1n) is 6.42. The van der Waals surface area contributed by atoms with Gasteiger partial charge in [0.05, 0.1) is 18.0 Å². The Labute approximate surface area is 119 Å².